The van der Waals surface area contributed by atoms with Crippen molar-refractivity contribution in [3.8, 4) is 0 Å². The molecule has 0 aliphatic carbocycles. The molecule has 0 aliphatic rings. The Morgan fingerprint density at radius 2 is 1.10 bits per heavy atom. The molecular weight excluding hydrogens is 677 g/mol. The predicted molar refractivity (Wildman–Crippen MR) is 213 cm³/mol. The number of hydrogen-bond donors (Lipinski definition) is 0. The molecule has 0 fully saturated rings. The SMILES string of the molecule is CC/C=C/C/C=C/C/C=C/C/C=C/CCCCC(=O)O[C@H](COC(=O)CCCCCCC/C=C/CCCCCC)COP(=O)([O-])OCC[N+](C)(C)C. The van der Waals surface area contributed by atoms with E-state index in [0.717, 1.165) is 70.6 Å². The molecule has 0 radical (unpaired) electrons. The van der Waals surface area contributed by atoms with E-state index in [9.17, 15) is 19.0 Å². The summed E-state index contributed by atoms with van der Waals surface area (Å²) in [7, 11) is 1.12. The molecule has 0 bridgehead atoms. The van der Waals surface area contributed by atoms with Crippen molar-refractivity contribution >= 4 is 19.8 Å². The Labute approximate surface area is 317 Å². The Balaban J connectivity index is 4.52. The van der Waals surface area contributed by atoms with Crippen molar-refractivity contribution in [1.82, 2.24) is 0 Å². The molecule has 10 heteroatoms. The van der Waals surface area contributed by atoms with Crippen LogP contribution in [0.4, 0.5) is 0 Å². The van der Waals surface area contributed by atoms with Crippen LogP contribution in [0.15, 0.2) is 60.8 Å². The maximum absolute atomic E-state index is 12.6. The quantitative estimate of drug-likeness (QED) is 0.0207. The largest absolute Gasteiger partial charge is 0.756 e. The number of ether oxygens (including phenoxy) is 2. The van der Waals surface area contributed by atoms with Crippen molar-refractivity contribution in [3.63, 3.8) is 0 Å². The fraction of sp³-hybridized carbons (Fsp3) is 0.714. The van der Waals surface area contributed by atoms with Gasteiger partial charge in [-0.1, -0.05) is 113 Å². The highest BCUT2D eigenvalue weighted by Gasteiger charge is 2.21. The van der Waals surface area contributed by atoms with Crippen LogP contribution in [0, 0.1) is 0 Å². The number of phosphoric acid groups is 1. The molecule has 0 aromatic carbocycles. The van der Waals surface area contributed by atoms with E-state index in [1.165, 1.54) is 32.1 Å². The van der Waals surface area contributed by atoms with Crippen molar-refractivity contribution in [2.45, 2.75) is 148 Å². The van der Waals surface area contributed by atoms with Gasteiger partial charge < -0.3 is 27.9 Å². The van der Waals surface area contributed by atoms with Crippen molar-refractivity contribution in [3.05, 3.63) is 60.8 Å². The fourth-order valence-corrected chi connectivity index (χ4v) is 5.60. The number of hydrogen-bond acceptors (Lipinski definition) is 8. The zero-order valence-corrected chi connectivity index (χ0v) is 34.4. The van der Waals surface area contributed by atoms with Crippen LogP contribution in [0.5, 0.6) is 0 Å². The molecule has 0 N–H and O–H groups in total. The third kappa shape index (κ3) is 37.5. The molecule has 0 saturated heterocycles. The van der Waals surface area contributed by atoms with Crippen LogP contribution in [0.3, 0.4) is 0 Å². The Hall–Kier alpha value is -2.29. The zero-order valence-electron chi connectivity index (χ0n) is 33.5. The summed E-state index contributed by atoms with van der Waals surface area (Å²) in [5.74, 6) is -0.901. The van der Waals surface area contributed by atoms with Gasteiger partial charge in [0.25, 0.3) is 7.82 Å². The third-order valence-corrected chi connectivity index (χ3v) is 8.99. The molecule has 0 saturated carbocycles. The lowest BCUT2D eigenvalue weighted by Gasteiger charge is -2.28. The van der Waals surface area contributed by atoms with Crippen LogP contribution in [-0.2, 0) is 32.7 Å². The first-order valence-corrected chi connectivity index (χ1v) is 21.5. The second-order valence-corrected chi connectivity index (χ2v) is 15.7. The van der Waals surface area contributed by atoms with Gasteiger partial charge in [0, 0.05) is 12.8 Å². The number of likely N-dealkylation sites (N-methyl/N-ethyl adjacent to an activating group) is 1. The summed E-state index contributed by atoms with van der Waals surface area (Å²) in [6.45, 7) is 4.01. The Morgan fingerprint density at radius 1 is 0.615 bits per heavy atom. The van der Waals surface area contributed by atoms with Gasteiger partial charge in [-0.15, -0.1) is 0 Å². The molecular formula is C42H74NO8P. The average Bonchev–Trinajstić information content (AvgIpc) is 3.09. The average molecular weight is 752 g/mol. The lowest BCUT2D eigenvalue weighted by Crippen LogP contribution is -2.37. The summed E-state index contributed by atoms with van der Waals surface area (Å²) >= 11 is 0. The van der Waals surface area contributed by atoms with Gasteiger partial charge in [-0.25, -0.2) is 0 Å². The van der Waals surface area contributed by atoms with Gasteiger partial charge in [-0.2, -0.15) is 0 Å². The van der Waals surface area contributed by atoms with Gasteiger partial charge in [-0.3, -0.25) is 14.2 Å². The van der Waals surface area contributed by atoms with Crippen LogP contribution >= 0.6 is 7.82 Å². The smallest absolute Gasteiger partial charge is 0.306 e. The number of quaternary nitrogens is 1. The minimum Gasteiger partial charge on any atom is -0.756 e. The van der Waals surface area contributed by atoms with E-state index in [0.29, 0.717) is 23.9 Å². The molecule has 2 atom stereocenters. The number of esters is 2. The molecule has 0 aromatic heterocycles. The van der Waals surface area contributed by atoms with Crippen molar-refractivity contribution in [2.75, 3.05) is 47.5 Å². The number of carbonyl (C=O) groups excluding carboxylic acids is 2. The van der Waals surface area contributed by atoms with Crippen LogP contribution < -0.4 is 4.89 Å². The molecule has 0 aliphatic heterocycles. The van der Waals surface area contributed by atoms with Gasteiger partial charge in [-0.05, 0) is 77.0 Å². The molecule has 300 valence electrons. The summed E-state index contributed by atoms with van der Waals surface area (Å²) in [5.41, 5.74) is 0. The number of nitrogens with zero attached hydrogens (tertiary/aromatic N) is 1. The second kappa shape index (κ2) is 34.5. The number of carbonyl (C=O) groups is 2. The molecule has 1 unspecified atom stereocenters. The highest BCUT2D eigenvalue weighted by atomic mass is 31.2. The van der Waals surface area contributed by atoms with Crippen molar-refractivity contribution in [2.24, 2.45) is 0 Å². The number of phosphoric ester groups is 1. The summed E-state index contributed by atoms with van der Waals surface area (Å²) in [4.78, 5) is 37.4. The minimum atomic E-state index is -4.63. The van der Waals surface area contributed by atoms with E-state index in [2.05, 4.69) is 74.6 Å². The first-order valence-electron chi connectivity index (χ1n) is 20.0. The normalized spacial score (nSPS) is 14.3. The standard InChI is InChI=1S/C42H74NO8P/c1-6-8-10-12-14-16-18-20-21-23-25-27-29-31-33-35-42(45)51-40(39-50-52(46,47)49-37-36-43(3,4)5)38-48-41(44)34-32-30-28-26-24-22-19-17-15-13-11-9-7-2/h8,10,14,16-17,19-21,25,27,40H,6-7,9,11-13,15,18,22-24,26,28-39H2,1-5H3/b10-8+,16-14+,19-17+,21-20+,27-25+/t40-/m1/s1. The molecule has 52 heavy (non-hydrogen) atoms. The highest BCUT2D eigenvalue weighted by molar-refractivity contribution is 7.45. The fourth-order valence-electron chi connectivity index (χ4n) is 4.87. The summed E-state index contributed by atoms with van der Waals surface area (Å²) < 4.78 is 33.7. The Morgan fingerprint density at radius 3 is 1.69 bits per heavy atom. The molecule has 0 amide bonds. The van der Waals surface area contributed by atoms with Crippen molar-refractivity contribution in [1.29, 1.82) is 0 Å². The summed E-state index contributed by atoms with van der Waals surface area (Å²) in [6, 6.07) is 0. The Kier molecular flexibility index (Phi) is 33.0. The second-order valence-electron chi connectivity index (χ2n) is 14.3. The zero-order chi connectivity index (χ0) is 38.6. The summed E-state index contributed by atoms with van der Waals surface area (Å²) in [5, 5.41) is 0. The van der Waals surface area contributed by atoms with E-state index < -0.39 is 32.5 Å². The first-order chi connectivity index (χ1) is 25.0. The first kappa shape index (κ1) is 49.7. The Bertz CT molecular complexity index is 1080. The van der Waals surface area contributed by atoms with Crippen LogP contribution in [0.1, 0.15) is 142 Å². The topological polar surface area (TPSA) is 111 Å². The molecule has 0 rings (SSSR count). The van der Waals surface area contributed by atoms with Crippen molar-refractivity contribution < 1.29 is 42.1 Å². The predicted octanol–water partition coefficient (Wildman–Crippen LogP) is 10.3. The van der Waals surface area contributed by atoms with Gasteiger partial charge in [0.15, 0.2) is 6.10 Å². The van der Waals surface area contributed by atoms with Gasteiger partial charge in [0.05, 0.1) is 27.7 Å². The van der Waals surface area contributed by atoms with E-state index in [1.807, 2.05) is 21.1 Å². The van der Waals surface area contributed by atoms with E-state index >= 15 is 0 Å². The highest BCUT2D eigenvalue weighted by Crippen LogP contribution is 2.38. The van der Waals surface area contributed by atoms with E-state index in [1.54, 1.807) is 0 Å². The lowest BCUT2D eigenvalue weighted by molar-refractivity contribution is -0.870. The number of unbranched alkanes of at least 4 members (excludes halogenated alkanes) is 11. The molecule has 0 heterocycles. The van der Waals surface area contributed by atoms with Crippen LogP contribution in [0.25, 0.3) is 0 Å². The summed E-state index contributed by atoms with van der Waals surface area (Å²) in [6.07, 6.45) is 39.7. The monoisotopic (exact) mass is 752 g/mol. The van der Waals surface area contributed by atoms with E-state index in [4.69, 9.17) is 18.5 Å². The molecule has 9 nitrogen and oxygen atoms in total. The lowest BCUT2D eigenvalue weighted by atomic mass is 10.1. The number of allylic oxidation sites excluding steroid dienone is 10. The van der Waals surface area contributed by atoms with Crippen LogP contribution in [-0.4, -0.2) is 70.0 Å². The van der Waals surface area contributed by atoms with Gasteiger partial charge in [0.2, 0.25) is 0 Å². The van der Waals surface area contributed by atoms with Crippen LogP contribution in [0.2, 0.25) is 0 Å². The van der Waals surface area contributed by atoms with Gasteiger partial charge in [0.1, 0.15) is 19.8 Å². The maximum atomic E-state index is 12.6. The van der Waals surface area contributed by atoms with Gasteiger partial charge >= 0.3 is 11.9 Å². The molecule has 0 spiro atoms. The van der Waals surface area contributed by atoms with E-state index in [-0.39, 0.29) is 26.1 Å². The molecule has 0 aromatic rings. The number of rotatable bonds is 35. The maximum Gasteiger partial charge on any atom is 0.306 e. The minimum absolute atomic E-state index is 0.0428. The third-order valence-electron chi connectivity index (χ3n) is 8.02.